The number of hydrogen-bond acceptors (Lipinski definition) is 16. The summed E-state index contributed by atoms with van der Waals surface area (Å²) in [4.78, 5) is 0. The Hall–Kier alpha value is -7.62. The van der Waals surface area contributed by atoms with E-state index < -0.39 is 23.1 Å². The topological polar surface area (TPSA) is 385 Å². The van der Waals surface area contributed by atoms with E-state index >= 15 is 0 Å². The normalized spacial score (nSPS) is 11.4. The van der Waals surface area contributed by atoms with Crippen molar-refractivity contribution in [2.45, 2.75) is 49.6 Å². The average molecular weight is 1600 g/mol. The number of hydrogen-bond donors (Lipinski definition) is 0. The zero-order valence-corrected chi connectivity index (χ0v) is 53.4. The monoisotopic (exact) mass is 1590 g/mol. The van der Waals surface area contributed by atoms with Gasteiger partial charge < -0.3 is 43.5 Å². The molecule has 0 unspecified atom stereocenters. The fourth-order valence-electron chi connectivity index (χ4n) is 10.3. The van der Waals surface area contributed by atoms with Crippen molar-refractivity contribution in [2.75, 3.05) is 26.4 Å². The summed E-state index contributed by atoms with van der Waals surface area (Å²) in [5, 5.41) is 56.5. The fraction of sp³-hybridized carbons (Fsp3) is 0.222. The first-order valence-electron chi connectivity index (χ1n) is 26.1. The van der Waals surface area contributed by atoms with Crippen LogP contribution < -0.4 is 0 Å². The first-order valence-corrected chi connectivity index (χ1v) is 26.1. The van der Waals surface area contributed by atoms with Gasteiger partial charge in [0.1, 0.15) is 26.4 Å². The zero-order valence-electron chi connectivity index (χ0n) is 47.5. The van der Waals surface area contributed by atoms with Crippen LogP contribution in [0.1, 0.15) is 22.3 Å². The molecule has 1 aromatic carbocycles. The van der Waals surface area contributed by atoms with Crippen LogP contribution in [0.15, 0.2) is 234 Å². The van der Waals surface area contributed by atoms with Gasteiger partial charge in [-0.3, -0.25) is 0 Å². The molecule has 486 valence electrons. The Morgan fingerprint density at radius 3 is 0.444 bits per heavy atom. The maximum atomic E-state index is 6.96. The van der Waals surface area contributed by atoms with Crippen LogP contribution in [0.25, 0.3) is 24.6 Å². The van der Waals surface area contributed by atoms with E-state index in [0.717, 1.165) is 22.3 Å². The third-order valence-corrected chi connectivity index (χ3v) is 14.2. The molecule has 0 saturated carbocycles. The fourth-order valence-corrected chi connectivity index (χ4v) is 10.3. The molecule has 32 nitrogen and oxygen atoms in total. The van der Waals surface area contributed by atoms with E-state index in [9.17, 15) is 0 Å². The molecule has 8 N–H and O–H groups in total. The summed E-state index contributed by atoms with van der Waals surface area (Å²) < 4.78 is 49.1. The number of aromatic nitrogens is 24. The largest absolute Gasteiger partial charge is 1.00 e. The zero-order chi connectivity index (χ0) is 55.1. The van der Waals surface area contributed by atoms with Gasteiger partial charge >= 0.3 is 89.5 Å². The number of ether oxygens (including phenoxy) is 4. The predicted molar refractivity (Wildman–Crippen MR) is 308 cm³/mol. The summed E-state index contributed by atoms with van der Waals surface area (Å²) in [6, 6.07) is 26.4. The predicted octanol–water partition coefficient (Wildman–Crippen LogP) is 6.60. The van der Waals surface area contributed by atoms with E-state index in [0.29, 0.717) is 0 Å². The smallest absolute Gasteiger partial charge is 0.693 e. The number of nitrogens with two attached hydrogens (primary N) is 4. The van der Waals surface area contributed by atoms with Crippen LogP contribution in [0, 0.1) is 0 Å². The summed E-state index contributed by atoms with van der Waals surface area (Å²) in [5.74, 6) is -4.77. The first-order chi connectivity index (χ1) is 40.6. The summed E-state index contributed by atoms with van der Waals surface area (Å²) in [7, 11) is 0. The molecule has 0 amide bonds. The average Bonchev–Trinajstić information content (AvgIpc) is 1.55. The second-order valence-electron chi connectivity index (χ2n) is 18.9. The van der Waals surface area contributed by atoms with E-state index in [1.54, 1.807) is 131 Å². The van der Waals surface area contributed by atoms with Crippen LogP contribution in [0.3, 0.4) is 0 Å². The third-order valence-electron chi connectivity index (χ3n) is 14.2. The van der Waals surface area contributed by atoms with Gasteiger partial charge in [0.15, 0.2) is 0 Å². The second-order valence-corrected chi connectivity index (χ2v) is 18.9. The van der Waals surface area contributed by atoms with Crippen LogP contribution in [0.5, 0.6) is 0 Å². The van der Waals surface area contributed by atoms with Crippen molar-refractivity contribution >= 4 is 0 Å². The molecule has 12 heterocycles. The minimum absolute atomic E-state index is 0. The Morgan fingerprint density at radius 1 is 0.222 bits per heavy atom. The van der Waals surface area contributed by atoms with Crippen molar-refractivity contribution in [2.24, 2.45) is 0 Å². The van der Waals surface area contributed by atoms with Gasteiger partial charge in [0.05, 0.1) is 26.4 Å². The Balaban J connectivity index is 0.00000184. The molecule has 13 aromatic rings. The first kappa shape index (κ1) is 73.1. The van der Waals surface area contributed by atoms with Crippen molar-refractivity contribution in [1.29, 1.82) is 0 Å². The summed E-state index contributed by atoms with van der Waals surface area (Å²) >= 11 is 0. The number of nitrogens with zero attached hydrogens (tertiary/aromatic N) is 24. The van der Waals surface area contributed by atoms with Crippen LogP contribution in [0.2, 0.25) is 0 Å². The van der Waals surface area contributed by atoms with Crippen molar-refractivity contribution < 1.29 is 108 Å². The Bertz CT molecular complexity index is 3060. The van der Waals surface area contributed by atoms with E-state index in [2.05, 4.69) is 12.1 Å². The third kappa shape index (κ3) is 13.7. The molecule has 0 saturated heterocycles. The van der Waals surface area contributed by atoms with Crippen LogP contribution in [-0.2, 0) is 158 Å². The summed E-state index contributed by atoms with van der Waals surface area (Å²) in [6.07, 6.45) is 42.8. The summed E-state index contributed by atoms with van der Waals surface area (Å²) in [5.41, 5.74) is 3.16. The van der Waals surface area contributed by atoms with Crippen molar-refractivity contribution in [3.63, 3.8) is 0 Å². The molecule has 0 aliphatic rings. The van der Waals surface area contributed by atoms with Crippen LogP contribution in [-0.4, -0.2) is 144 Å². The van der Waals surface area contributed by atoms with Gasteiger partial charge in [0, 0.05) is 149 Å². The van der Waals surface area contributed by atoms with Gasteiger partial charge in [-0.05, 0) is 95.1 Å². The number of rotatable bonds is 28. The second kappa shape index (κ2) is 32.9. The molecule has 0 aliphatic carbocycles. The van der Waals surface area contributed by atoms with Gasteiger partial charge in [-0.1, -0.05) is 12.1 Å². The number of benzene rings is 1. The van der Waals surface area contributed by atoms with Gasteiger partial charge in [-0.25, -0.2) is 56.2 Å². The Kier molecular flexibility index (Phi) is 26.7. The molecule has 0 atom stereocenters. The Labute approximate surface area is 577 Å². The molecular formula is C54H62Ag4N28O4. The molecule has 36 heteroatoms. The summed E-state index contributed by atoms with van der Waals surface area (Å²) in [6.45, 7) is 0.470. The molecule has 90 heavy (non-hydrogen) atoms. The van der Waals surface area contributed by atoms with Gasteiger partial charge in [-0.15, -0.1) is 0 Å². The molecule has 0 radical (unpaired) electrons. The molecule has 0 aliphatic heterocycles. The van der Waals surface area contributed by atoms with E-state index in [1.807, 2.05) is 147 Å². The quantitative estimate of drug-likeness (QED) is 0.0466. The minimum atomic E-state index is -1.19. The molecule has 12 aromatic heterocycles. The van der Waals surface area contributed by atoms with Crippen LogP contribution >= 0.6 is 0 Å². The van der Waals surface area contributed by atoms with Crippen LogP contribution in [0.4, 0.5) is 0 Å². The minimum Gasteiger partial charge on any atom is -0.693 e. The molecule has 0 spiro atoms. The van der Waals surface area contributed by atoms with E-state index in [4.69, 9.17) is 80.1 Å². The van der Waals surface area contributed by atoms with Crippen molar-refractivity contribution in [3.8, 4) is 0 Å². The van der Waals surface area contributed by atoms with E-state index in [1.165, 1.54) is 0 Å². The molecule has 0 fully saturated rings. The standard InChI is InChI=1S/C54H54N24O4.4Ag.4H2N/c1-13-55-67(25-1)51(68-26-2-14-56-68,69-27-3-15-57-69)43-79-39-47-37-49(41-81-45-53(73-31-7-19-61-73,74-32-8-20-62-74)75-33-9-21-63-75)50(42-82-46-54(76-34-10-22-64-76,77-35-11-23-65-77)78-36-12-24-66-78)38-48(47)40-80-44-52(70-28-4-16-58-70,71-29-5-17-59-71)72-30-6-18-60-72;;;;;;;;/h1-38H,39-46H2;;;;;4*1H2/q;4*+1;4*-1. The molecule has 0 bridgehead atoms. The van der Waals surface area contributed by atoms with Crippen molar-refractivity contribution in [3.05, 3.63) is 281 Å². The van der Waals surface area contributed by atoms with Crippen molar-refractivity contribution in [1.82, 2.24) is 117 Å². The van der Waals surface area contributed by atoms with Gasteiger partial charge in [-0.2, -0.15) is 61.2 Å². The van der Waals surface area contributed by atoms with Gasteiger partial charge in [0.2, 0.25) is 0 Å². The maximum absolute atomic E-state index is 6.96. The Morgan fingerprint density at radius 2 is 0.344 bits per heavy atom. The molecule has 13 rings (SSSR count). The van der Waals surface area contributed by atoms with Gasteiger partial charge in [0.25, 0.3) is 23.1 Å². The maximum Gasteiger partial charge on any atom is 1.00 e. The van der Waals surface area contributed by atoms with E-state index in [-0.39, 0.29) is 167 Å². The molecular weight excluding hydrogens is 1540 g/mol. The SMILES string of the molecule is [Ag+].[Ag+].[Ag+].[Ag+].[NH2-].[NH2-].[NH2-].[NH2-].c1cnn(C(COCc2cc(COCC(n3cccn3)(n3cccn3)n3cccn3)c(COCC(n3cccn3)(n3cccn3)n3cccn3)cc2COCC(n2cccn2)(n2cccn2)n2cccn2)(n2cccn2)n2cccn2)c1.